The second kappa shape index (κ2) is 4.05. The van der Waals surface area contributed by atoms with Gasteiger partial charge in [-0.05, 0) is 50.9 Å². The van der Waals surface area contributed by atoms with Gasteiger partial charge in [0, 0.05) is 11.5 Å². The van der Waals surface area contributed by atoms with E-state index in [4.69, 9.17) is 0 Å². The third kappa shape index (κ3) is 1.42. The first kappa shape index (κ1) is 11.9. The van der Waals surface area contributed by atoms with Crippen LogP contribution in [-0.2, 0) is 6.42 Å². The lowest BCUT2D eigenvalue weighted by atomic mass is 9.57. The van der Waals surface area contributed by atoms with Crippen LogP contribution >= 0.6 is 12.4 Å². The Morgan fingerprint density at radius 1 is 1.19 bits per heavy atom. The molecule has 0 spiro atoms. The summed E-state index contributed by atoms with van der Waals surface area (Å²) in [4.78, 5) is 2.47. The highest BCUT2D eigenvalue weighted by Crippen LogP contribution is 2.54. The quantitative estimate of drug-likeness (QED) is 0.725. The lowest BCUT2D eigenvalue weighted by Gasteiger charge is -2.57. The minimum absolute atomic E-state index is 0. The fourth-order valence-electron chi connectivity index (χ4n) is 3.58. The van der Waals surface area contributed by atoms with E-state index in [2.05, 4.69) is 43.3 Å². The average Bonchev–Trinajstić information content (AvgIpc) is 2.18. The molecule has 1 aromatic rings. The lowest BCUT2D eigenvalue weighted by molar-refractivity contribution is 0.0146. The summed E-state index contributed by atoms with van der Waals surface area (Å²) < 4.78 is 0. The Bertz CT molecular complexity index is 388. The zero-order valence-electron chi connectivity index (χ0n) is 10.1. The second-order valence-electron chi connectivity index (χ2n) is 5.29. The minimum Gasteiger partial charge on any atom is -0.303 e. The summed E-state index contributed by atoms with van der Waals surface area (Å²) in [6.07, 6.45) is 5.39. The van der Waals surface area contributed by atoms with Crippen molar-refractivity contribution in [3.63, 3.8) is 0 Å². The number of nitrogens with zero attached hydrogens (tertiary/aromatic N) is 1. The topological polar surface area (TPSA) is 3.24 Å². The van der Waals surface area contributed by atoms with Crippen LogP contribution in [0.5, 0.6) is 0 Å². The maximum absolute atomic E-state index is 2.47. The molecule has 2 atom stereocenters. The zero-order valence-corrected chi connectivity index (χ0v) is 10.9. The molecule has 0 N–H and O–H groups in total. The predicted molar refractivity (Wildman–Crippen MR) is 70.4 cm³/mol. The van der Waals surface area contributed by atoms with Crippen molar-refractivity contribution in [1.82, 2.24) is 4.90 Å². The fourth-order valence-corrected chi connectivity index (χ4v) is 3.58. The fraction of sp³-hybridized carbons (Fsp3) is 0.571. The number of rotatable bonds is 1. The summed E-state index contributed by atoms with van der Waals surface area (Å²) in [5.74, 6) is 0.803. The molecule has 0 amide bonds. The molecule has 2 heteroatoms. The van der Waals surface area contributed by atoms with E-state index >= 15 is 0 Å². The van der Waals surface area contributed by atoms with E-state index in [0.717, 1.165) is 5.92 Å². The molecule has 1 saturated carbocycles. The number of fused-ring (bicyclic) bond motifs is 3. The number of likely N-dealkylation sites (N-methyl/N-ethyl adjacent to an activating group) is 1. The van der Waals surface area contributed by atoms with Crippen LogP contribution < -0.4 is 0 Å². The molecular weight excluding hydrogens is 218 g/mol. The molecule has 0 radical (unpaired) electrons. The molecule has 1 fully saturated rings. The van der Waals surface area contributed by atoms with Crippen LogP contribution in [0.1, 0.15) is 36.3 Å². The number of hydrogen-bond acceptors (Lipinski definition) is 1. The van der Waals surface area contributed by atoms with E-state index < -0.39 is 0 Å². The van der Waals surface area contributed by atoms with Gasteiger partial charge in [0.2, 0.25) is 0 Å². The van der Waals surface area contributed by atoms with E-state index in [1.807, 2.05) is 0 Å². The summed E-state index contributed by atoms with van der Waals surface area (Å²) in [5, 5.41) is 0. The molecule has 1 nitrogen and oxygen atoms in total. The SMILES string of the molecule is CN(C)C12CCc3ccccc3C1CC2.Cl. The molecule has 0 aliphatic heterocycles. The van der Waals surface area contributed by atoms with Gasteiger partial charge in [-0.1, -0.05) is 24.3 Å². The molecule has 3 rings (SSSR count). The average molecular weight is 238 g/mol. The zero-order chi connectivity index (χ0) is 10.5. The van der Waals surface area contributed by atoms with Crippen LogP contribution in [0.3, 0.4) is 0 Å². The van der Waals surface area contributed by atoms with Crippen molar-refractivity contribution in [2.75, 3.05) is 14.1 Å². The largest absolute Gasteiger partial charge is 0.303 e. The Kier molecular flexibility index (Phi) is 3.02. The normalized spacial score (nSPS) is 31.1. The first-order chi connectivity index (χ1) is 7.24. The van der Waals surface area contributed by atoms with E-state index in [1.54, 1.807) is 11.1 Å². The number of halogens is 1. The van der Waals surface area contributed by atoms with Gasteiger partial charge in [0.05, 0.1) is 0 Å². The third-order valence-corrected chi connectivity index (χ3v) is 4.66. The van der Waals surface area contributed by atoms with Gasteiger partial charge < -0.3 is 4.90 Å². The summed E-state index contributed by atoms with van der Waals surface area (Å²) >= 11 is 0. The number of hydrogen-bond donors (Lipinski definition) is 0. The molecule has 1 aromatic carbocycles. The van der Waals surface area contributed by atoms with E-state index in [0.29, 0.717) is 5.54 Å². The molecule has 0 aromatic heterocycles. The van der Waals surface area contributed by atoms with Crippen LogP contribution in [0.15, 0.2) is 24.3 Å². The second-order valence-corrected chi connectivity index (χ2v) is 5.29. The summed E-state index contributed by atoms with van der Waals surface area (Å²) in [5.41, 5.74) is 3.72. The number of aryl methyl sites for hydroxylation is 1. The van der Waals surface area contributed by atoms with Crippen LogP contribution in [0.25, 0.3) is 0 Å². The first-order valence-electron chi connectivity index (χ1n) is 5.99. The smallest absolute Gasteiger partial charge is 0.0275 e. The van der Waals surface area contributed by atoms with Gasteiger partial charge in [-0.3, -0.25) is 0 Å². The molecular formula is C14H20ClN. The monoisotopic (exact) mass is 237 g/mol. The highest BCUT2D eigenvalue weighted by molar-refractivity contribution is 5.85. The maximum Gasteiger partial charge on any atom is 0.0275 e. The summed E-state index contributed by atoms with van der Waals surface area (Å²) in [6, 6.07) is 9.03. The van der Waals surface area contributed by atoms with Crippen molar-refractivity contribution < 1.29 is 0 Å². The minimum atomic E-state index is 0. The lowest BCUT2D eigenvalue weighted by Crippen LogP contribution is -2.57. The van der Waals surface area contributed by atoms with Gasteiger partial charge in [-0.25, -0.2) is 0 Å². The van der Waals surface area contributed by atoms with Crippen LogP contribution in [0.2, 0.25) is 0 Å². The van der Waals surface area contributed by atoms with Crippen molar-refractivity contribution in [2.45, 2.75) is 37.1 Å². The van der Waals surface area contributed by atoms with Gasteiger partial charge in [0.15, 0.2) is 0 Å². The van der Waals surface area contributed by atoms with Crippen LogP contribution in [0.4, 0.5) is 0 Å². The molecule has 2 aliphatic rings. The van der Waals surface area contributed by atoms with Gasteiger partial charge in [0.25, 0.3) is 0 Å². The molecule has 0 heterocycles. The van der Waals surface area contributed by atoms with Crippen molar-refractivity contribution in [2.24, 2.45) is 0 Å². The summed E-state index contributed by atoms with van der Waals surface area (Å²) in [7, 11) is 4.50. The van der Waals surface area contributed by atoms with E-state index in [1.165, 1.54) is 25.7 Å². The standard InChI is InChI=1S/C14H19N.ClH/c1-15(2)14-9-7-11-5-3-4-6-12(11)13(14)8-10-14;/h3-6,13H,7-10H2,1-2H3;1H. The van der Waals surface area contributed by atoms with Gasteiger partial charge in [0.1, 0.15) is 0 Å². The van der Waals surface area contributed by atoms with Gasteiger partial charge >= 0.3 is 0 Å². The Balaban J connectivity index is 0.000000963. The Morgan fingerprint density at radius 2 is 1.94 bits per heavy atom. The van der Waals surface area contributed by atoms with Crippen molar-refractivity contribution >= 4 is 12.4 Å². The molecule has 16 heavy (non-hydrogen) atoms. The van der Waals surface area contributed by atoms with E-state index in [9.17, 15) is 0 Å². The molecule has 0 bridgehead atoms. The predicted octanol–water partition coefficient (Wildman–Crippen LogP) is 3.23. The first-order valence-corrected chi connectivity index (χ1v) is 5.99. The maximum atomic E-state index is 2.47. The van der Waals surface area contributed by atoms with Crippen LogP contribution in [-0.4, -0.2) is 24.5 Å². The van der Waals surface area contributed by atoms with Crippen molar-refractivity contribution in [3.05, 3.63) is 35.4 Å². The highest BCUT2D eigenvalue weighted by Gasteiger charge is 2.51. The van der Waals surface area contributed by atoms with E-state index in [-0.39, 0.29) is 12.4 Å². The Labute approximate surface area is 104 Å². The van der Waals surface area contributed by atoms with Crippen molar-refractivity contribution in [3.8, 4) is 0 Å². The Hall–Kier alpha value is -0.530. The van der Waals surface area contributed by atoms with Gasteiger partial charge in [-0.15, -0.1) is 12.4 Å². The molecule has 2 unspecified atom stereocenters. The molecule has 2 aliphatic carbocycles. The highest BCUT2D eigenvalue weighted by atomic mass is 35.5. The summed E-state index contributed by atoms with van der Waals surface area (Å²) in [6.45, 7) is 0. The molecule has 0 saturated heterocycles. The molecule has 88 valence electrons. The number of benzene rings is 1. The van der Waals surface area contributed by atoms with Crippen LogP contribution in [0, 0.1) is 0 Å². The van der Waals surface area contributed by atoms with Gasteiger partial charge in [-0.2, -0.15) is 0 Å². The third-order valence-electron chi connectivity index (χ3n) is 4.66. The Morgan fingerprint density at radius 3 is 2.56 bits per heavy atom. The van der Waals surface area contributed by atoms with Crippen molar-refractivity contribution in [1.29, 1.82) is 0 Å².